The van der Waals surface area contributed by atoms with Gasteiger partial charge in [0.05, 0.1) is 26.7 Å². The fourth-order valence-electron chi connectivity index (χ4n) is 4.54. The van der Waals surface area contributed by atoms with Crippen molar-refractivity contribution in [2.24, 2.45) is 0 Å². The number of ketones is 1. The molecule has 0 spiro atoms. The molecule has 1 fully saturated rings. The molecule has 0 N–H and O–H groups in total. The molecule has 2 aromatic rings. The second-order valence-electron chi connectivity index (χ2n) is 9.99. The molecule has 1 saturated heterocycles. The standard InChI is InChI=1S/C25H31Cl2NO4S/c1-24(2,3)19-7-5-18(6-8-19)23(29)16-28-13-12-25(17-28,11-4-14-33(30,31)32)20-9-10-21(26)22(27)15-20/h5-10,15H,4,11-14,16-17H2,1-3H3,(H,30,31,32)/p-1. The van der Waals surface area contributed by atoms with E-state index < -0.39 is 21.3 Å². The lowest BCUT2D eigenvalue weighted by atomic mass is 9.76. The first kappa shape index (κ1) is 26.2. The van der Waals surface area contributed by atoms with Crippen LogP contribution in [0.3, 0.4) is 0 Å². The van der Waals surface area contributed by atoms with Crippen LogP contribution in [0.2, 0.25) is 10.0 Å². The lowest BCUT2D eigenvalue weighted by molar-refractivity contribution is 0.0941. The Kier molecular flexibility index (Phi) is 7.97. The van der Waals surface area contributed by atoms with Gasteiger partial charge in [-0.25, -0.2) is 8.42 Å². The number of hydrogen-bond donors (Lipinski definition) is 0. The van der Waals surface area contributed by atoms with E-state index in [0.717, 1.165) is 12.0 Å². The molecule has 3 rings (SSSR count). The summed E-state index contributed by atoms with van der Waals surface area (Å²) in [6, 6.07) is 13.2. The Morgan fingerprint density at radius 3 is 2.33 bits per heavy atom. The molecule has 1 heterocycles. The average Bonchev–Trinajstić information content (AvgIpc) is 3.12. The molecule has 2 aromatic carbocycles. The molecule has 1 atom stereocenters. The van der Waals surface area contributed by atoms with E-state index in [0.29, 0.717) is 35.1 Å². The van der Waals surface area contributed by atoms with E-state index in [-0.39, 0.29) is 24.2 Å². The molecule has 5 nitrogen and oxygen atoms in total. The highest BCUT2D eigenvalue weighted by molar-refractivity contribution is 7.85. The van der Waals surface area contributed by atoms with Gasteiger partial charge < -0.3 is 4.55 Å². The first-order valence-corrected chi connectivity index (χ1v) is 13.4. The van der Waals surface area contributed by atoms with Gasteiger partial charge in [0.2, 0.25) is 0 Å². The van der Waals surface area contributed by atoms with Crippen LogP contribution in [0, 0.1) is 0 Å². The number of halogens is 2. The predicted octanol–water partition coefficient (Wildman–Crippen LogP) is 5.44. The number of rotatable bonds is 8. The van der Waals surface area contributed by atoms with Gasteiger partial charge in [0, 0.05) is 23.3 Å². The van der Waals surface area contributed by atoms with Crippen LogP contribution >= 0.6 is 23.2 Å². The van der Waals surface area contributed by atoms with Crippen molar-refractivity contribution in [3.05, 3.63) is 69.2 Å². The highest BCUT2D eigenvalue weighted by atomic mass is 35.5. The second kappa shape index (κ2) is 10.0. The molecular weight excluding hydrogens is 481 g/mol. The third-order valence-corrected chi connectivity index (χ3v) is 7.98. The molecule has 0 aromatic heterocycles. The lowest BCUT2D eigenvalue weighted by Crippen LogP contribution is -2.34. The van der Waals surface area contributed by atoms with E-state index in [1.807, 2.05) is 36.4 Å². The molecule has 0 aliphatic carbocycles. The van der Waals surface area contributed by atoms with Crippen LogP contribution in [0.4, 0.5) is 0 Å². The predicted molar refractivity (Wildman–Crippen MR) is 132 cm³/mol. The first-order valence-electron chi connectivity index (χ1n) is 11.0. The summed E-state index contributed by atoms with van der Waals surface area (Å²) in [5.41, 5.74) is 2.42. The average molecular weight is 511 g/mol. The third kappa shape index (κ3) is 6.80. The summed E-state index contributed by atoms with van der Waals surface area (Å²) < 4.78 is 33.4. The summed E-state index contributed by atoms with van der Waals surface area (Å²) in [5, 5.41) is 0.875. The number of carbonyl (C=O) groups excluding carboxylic acids is 1. The maximum atomic E-state index is 13.0. The van der Waals surface area contributed by atoms with E-state index in [9.17, 15) is 17.8 Å². The van der Waals surface area contributed by atoms with Crippen molar-refractivity contribution in [1.82, 2.24) is 4.90 Å². The first-order chi connectivity index (χ1) is 15.3. The number of Topliss-reactive ketones (excluding diaryl/α,β-unsaturated/α-hetero) is 1. The van der Waals surface area contributed by atoms with Crippen molar-refractivity contribution in [3.63, 3.8) is 0 Å². The van der Waals surface area contributed by atoms with Crippen molar-refractivity contribution in [1.29, 1.82) is 0 Å². The fourth-order valence-corrected chi connectivity index (χ4v) is 5.34. The summed E-state index contributed by atoms with van der Waals surface area (Å²) in [6.45, 7) is 7.95. The molecule has 1 aliphatic rings. The normalized spacial score (nSPS) is 19.7. The highest BCUT2D eigenvalue weighted by Gasteiger charge is 2.40. The Hall–Kier alpha value is -1.44. The largest absolute Gasteiger partial charge is 0.748 e. The molecule has 1 aliphatic heterocycles. The summed E-state index contributed by atoms with van der Waals surface area (Å²) in [6.07, 6.45) is 1.50. The maximum absolute atomic E-state index is 13.0. The monoisotopic (exact) mass is 510 g/mol. The zero-order valence-corrected chi connectivity index (χ0v) is 21.6. The van der Waals surface area contributed by atoms with Crippen molar-refractivity contribution in [3.8, 4) is 0 Å². The fraction of sp³-hybridized carbons (Fsp3) is 0.480. The number of benzene rings is 2. The van der Waals surface area contributed by atoms with Gasteiger partial charge in [-0.3, -0.25) is 9.69 Å². The number of hydrogen-bond acceptors (Lipinski definition) is 5. The third-order valence-electron chi connectivity index (χ3n) is 6.45. The van der Waals surface area contributed by atoms with Gasteiger partial charge in [-0.2, -0.15) is 0 Å². The van der Waals surface area contributed by atoms with Gasteiger partial charge in [-0.15, -0.1) is 0 Å². The van der Waals surface area contributed by atoms with Crippen molar-refractivity contribution in [2.45, 2.75) is 50.9 Å². The minimum atomic E-state index is -4.29. The zero-order valence-electron chi connectivity index (χ0n) is 19.2. The smallest absolute Gasteiger partial charge is 0.176 e. The Balaban J connectivity index is 1.76. The van der Waals surface area contributed by atoms with Crippen molar-refractivity contribution < 1.29 is 17.8 Å². The summed E-state index contributed by atoms with van der Waals surface area (Å²) in [5.74, 6) is -0.364. The molecule has 0 bridgehead atoms. The molecule has 1 unspecified atom stereocenters. The van der Waals surface area contributed by atoms with Crippen LogP contribution in [0.25, 0.3) is 0 Å². The topological polar surface area (TPSA) is 77.5 Å². The number of likely N-dealkylation sites (tertiary alicyclic amines) is 1. The molecule has 180 valence electrons. The van der Waals surface area contributed by atoms with E-state index in [2.05, 4.69) is 25.7 Å². The maximum Gasteiger partial charge on any atom is 0.176 e. The van der Waals surface area contributed by atoms with Crippen LogP contribution in [0.1, 0.15) is 61.5 Å². The van der Waals surface area contributed by atoms with E-state index in [4.69, 9.17) is 23.2 Å². The number of nitrogens with zero attached hydrogens (tertiary/aromatic N) is 1. The minimum Gasteiger partial charge on any atom is -0.748 e. The minimum absolute atomic E-state index is 0.0214. The Morgan fingerprint density at radius 1 is 1.09 bits per heavy atom. The zero-order chi connectivity index (χ0) is 24.4. The molecule has 0 saturated carbocycles. The van der Waals surface area contributed by atoms with Gasteiger partial charge in [0.15, 0.2) is 5.78 Å². The van der Waals surface area contributed by atoms with Gasteiger partial charge in [0.1, 0.15) is 0 Å². The van der Waals surface area contributed by atoms with Crippen LogP contribution in [0.15, 0.2) is 42.5 Å². The van der Waals surface area contributed by atoms with Crippen LogP contribution < -0.4 is 0 Å². The van der Waals surface area contributed by atoms with Crippen LogP contribution in [-0.4, -0.2) is 49.0 Å². The van der Waals surface area contributed by atoms with E-state index in [1.54, 1.807) is 6.07 Å². The summed E-state index contributed by atoms with van der Waals surface area (Å²) in [4.78, 5) is 15.0. The van der Waals surface area contributed by atoms with Crippen LogP contribution in [-0.2, 0) is 20.9 Å². The molecule has 0 radical (unpaired) electrons. The quantitative estimate of drug-likeness (QED) is 0.348. The van der Waals surface area contributed by atoms with Gasteiger partial charge in [-0.05, 0) is 54.5 Å². The molecular formula is C25H30Cl2NO4S-. The van der Waals surface area contributed by atoms with Crippen LogP contribution in [0.5, 0.6) is 0 Å². The Morgan fingerprint density at radius 2 is 1.76 bits per heavy atom. The molecule has 8 heteroatoms. The van der Waals surface area contributed by atoms with Gasteiger partial charge in [-0.1, -0.05) is 74.3 Å². The molecule has 33 heavy (non-hydrogen) atoms. The van der Waals surface area contributed by atoms with Gasteiger partial charge >= 0.3 is 0 Å². The van der Waals surface area contributed by atoms with E-state index >= 15 is 0 Å². The SMILES string of the molecule is CC(C)(C)c1ccc(C(=O)CN2CCC(CCCS(=O)(=O)[O-])(c3ccc(Cl)c(Cl)c3)C2)cc1. The summed E-state index contributed by atoms with van der Waals surface area (Å²) >= 11 is 12.4. The van der Waals surface area contributed by atoms with Crippen molar-refractivity contribution in [2.75, 3.05) is 25.4 Å². The van der Waals surface area contributed by atoms with Crippen molar-refractivity contribution >= 4 is 39.1 Å². The Bertz CT molecular complexity index is 1110. The number of carbonyl (C=O) groups is 1. The highest BCUT2D eigenvalue weighted by Crippen LogP contribution is 2.41. The van der Waals surface area contributed by atoms with Gasteiger partial charge in [0.25, 0.3) is 0 Å². The lowest BCUT2D eigenvalue weighted by Gasteiger charge is -2.31. The Labute approximate surface area is 206 Å². The summed E-state index contributed by atoms with van der Waals surface area (Å²) in [7, 11) is -4.29. The van der Waals surface area contributed by atoms with E-state index in [1.165, 1.54) is 5.56 Å². The second-order valence-corrected chi connectivity index (χ2v) is 12.3. The molecule has 0 amide bonds.